The number of esters is 2. The number of hydrogen-bond acceptors (Lipinski definition) is 4. The Morgan fingerprint density at radius 3 is 2.38 bits per heavy atom. The van der Waals surface area contributed by atoms with Crippen LogP contribution in [0.4, 0.5) is 0 Å². The van der Waals surface area contributed by atoms with Crippen LogP contribution in [-0.4, -0.2) is 18.2 Å². The number of carbonyl (C=O) groups is 2. The normalized spacial score (nSPS) is 11.6. The number of hydrogen-bond donors (Lipinski definition) is 0. The van der Waals surface area contributed by atoms with Crippen LogP contribution < -0.4 is 0 Å². The zero-order chi connectivity index (χ0) is 12.0. The molecular weight excluding hydrogens is 208 g/mol. The van der Waals surface area contributed by atoms with Crippen LogP contribution in [0.1, 0.15) is 19.4 Å². The Balaban J connectivity index is 2.39. The molecule has 16 heavy (non-hydrogen) atoms. The predicted molar refractivity (Wildman–Crippen MR) is 57.5 cm³/mol. The van der Waals surface area contributed by atoms with Gasteiger partial charge in [0.05, 0.1) is 6.42 Å². The van der Waals surface area contributed by atoms with Gasteiger partial charge in [-0.05, 0) is 5.56 Å². The summed E-state index contributed by atoms with van der Waals surface area (Å²) in [6, 6.07) is 9.22. The van der Waals surface area contributed by atoms with Crippen molar-refractivity contribution in [1.29, 1.82) is 0 Å². The van der Waals surface area contributed by atoms with E-state index >= 15 is 0 Å². The Kier molecular flexibility index (Phi) is 4.51. The molecule has 0 N–H and O–H groups in total. The SMILES string of the molecule is CC(=O)OC(C)OC(=O)Cc1ccccc1. The summed E-state index contributed by atoms with van der Waals surface area (Å²) in [7, 11) is 0. The molecule has 4 heteroatoms. The van der Waals surface area contributed by atoms with E-state index in [1.165, 1.54) is 13.8 Å². The molecule has 86 valence electrons. The van der Waals surface area contributed by atoms with E-state index in [9.17, 15) is 9.59 Å². The van der Waals surface area contributed by atoms with Crippen molar-refractivity contribution < 1.29 is 19.1 Å². The minimum absolute atomic E-state index is 0.173. The Labute approximate surface area is 94.2 Å². The van der Waals surface area contributed by atoms with Crippen LogP contribution in [-0.2, 0) is 25.5 Å². The Hall–Kier alpha value is -1.84. The lowest BCUT2D eigenvalue weighted by Crippen LogP contribution is -2.21. The van der Waals surface area contributed by atoms with Crippen molar-refractivity contribution in [2.75, 3.05) is 0 Å². The molecule has 0 saturated carbocycles. The molecule has 0 heterocycles. The first kappa shape index (κ1) is 12.2. The highest BCUT2D eigenvalue weighted by molar-refractivity contribution is 5.73. The van der Waals surface area contributed by atoms with Crippen LogP contribution in [0, 0.1) is 0 Å². The van der Waals surface area contributed by atoms with Gasteiger partial charge in [-0.25, -0.2) is 0 Å². The molecule has 0 bridgehead atoms. The minimum Gasteiger partial charge on any atom is -0.426 e. The van der Waals surface area contributed by atoms with Crippen LogP contribution in [0.3, 0.4) is 0 Å². The number of benzene rings is 1. The molecule has 0 aliphatic carbocycles. The molecule has 1 aromatic carbocycles. The van der Waals surface area contributed by atoms with Gasteiger partial charge in [0.15, 0.2) is 0 Å². The van der Waals surface area contributed by atoms with Crippen molar-refractivity contribution in [3.8, 4) is 0 Å². The van der Waals surface area contributed by atoms with E-state index in [0.29, 0.717) is 0 Å². The highest BCUT2D eigenvalue weighted by atomic mass is 16.7. The van der Waals surface area contributed by atoms with E-state index in [0.717, 1.165) is 5.56 Å². The lowest BCUT2D eigenvalue weighted by atomic mass is 10.2. The fourth-order valence-corrected chi connectivity index (χ4v) is 1.25. The molecule has 0 amide bonds. The van der Waals surface area contributed by atoms with E-state index < -0.39 is 18.2 Å². The van der Waals surface area contributed by atoms with Gasteiger partial charge in [0.2, 0.25) is 6.29 Å². The van der Waals surface area contributed by atoms with Crippen LogP contribution in [0.15, 0.2) is 30.3 Å². The molecule has 4 nitrogen and oxygen atoms in total. The second-order valence-electron chi connectivity index (χ2n) is 3.33. The maximum Gasteiger partial charge on any atom is 0.313 e. The molecule has 1 rings (SSSR count). The largest absolute Gasteiger partial charge is 0.426 e. The fourth-order valence-electron chi connectivity index (χ4n) is 1.25. The van der Waals surface area contributed by atoms with Gasteiger partial charge >= 0.3 is 11.9 Å². The molecule has 0 aliphatic rings. The van der Waals surface area contributed by atoms with Gasteiger partial charge < -0.3 is 9.47 Å². The molecule has 1 unspecified atom stereocenters. The van der Waals surface area contributed by atoms with Crippen molar-refractivity contribution >= 4 is 11.9 Å². The Morgan fingerprint density at radius 1 is 1.19 bits per heavy atom. The van der Waals surface area contributed by atoms with E-state index in [4.69, 9.17) is 4.74 Å². The van der Waals surface area contributed by atoms with Gasteiger partial charge in [0, 0.05) is 13.8 Å². The third kappa shape index (κ3) is 4.59. The molecule has 0 aromatic heterocycles. The lowest BCUT2D eigenvalue weighted by Gasteiger charge is -2.12. The lowest BCUT2D eigenvalue weighted by molar-refractivity contribution is -0.182. The van der Waals surface area contributed by atoms with Gasteiger partial charge in [-0.15, -0.1) is 0 Å². The zero-order valence-corrected chi connectivity index (χ0v) is 9.30. The first-order valence-corrected chi connectivity index (χ1v) is 4.98. The van der Waals surface area contributed by atoms with Crippen LogP contribution >= 0.6 is 0 Å². The Bertz CT molecular complexity index is 359. The maximum absolute atomic E-state index is 11.4. The standard InChI is InChI=1S/C12H14O4/c1-9(13)15-10(2)16-12(14)8-11-6-4-3-5-7-11/h3-7,10H,8H2,1-2H3. The first-order valence-electron chi connectivity index (χ1n) is 4.98. The summed E-state index contributed by atoms with van der Waals surface area (Å²) in [5.41, 5.74) is 0.863. The third-order valence-corrected chi connectivity index (χ3v) is 1.82. The Morgan fingerprint density at radius 2 is 1.81 bits per heavy atom. The molecule has 0 spiro atoms. The summed E-state index contributed by atoms with van der Waals surface area (Å²) >= 11 is 0. The van der Waals surface area contributed by atoms with E-state index in [-0.39, 0.29) is 6.42 Å². The number of carbonyl (C=O) groups excluding carboxylic acids is 2. The van der Waals surface area contributed by atoms with Gasteiger partial charge in [-0.3, -0.25) is 9.59 Å². The highest BCUT2D eigenvalue weighted by Crippen LogP contribution is 2.03. The molecule has 0 saturated heterocycles. The molecule has 0 aliphatic heterocycles. The minimum atomic E-state index is -0.839. The summed E-state index contributed by atoms with van der Waals surface area (Å²) in [4.78, 5) is 22.0. The topological polar surface area (TPSA) is 52.6 Å². The highest BCUT2D eigenvalue weighted by Gasteiger charge is 2.11. The van der Waals surface area contributed by atoms with E-state index in [1.807, 2.05) is 30.3 Å². The van der Waals surface area contributed by atoms with Crippen molar-refractivity contribution in [3.63, 3.8) is 0 Å². The van der Waals surface area contributed by atoms with Crippen LogP contribution in [0.25, 0.3) is 0 Å². The molecule has 1 aromatic rings. The predicted octanol–water partition coefficient (Wildman–Crippen LogP) is 1.68. The van der Waals surface area contributed by atoms with Gasteiger partial charge in [-0.1, -0.05) is 30.3 Å². The van der Waals surface area contributed by atoms with Crippen molar-refractivity contribution in [1.82, 2.24) is 0 Å². The molecule has 0 radical (unpaired) electrons. The van der Waals surface area contributed by atoms with Crippen molar-refractivity contribution in [3.05, 3.63) is 35.9 Å². The maximum atomic E-state index is 11.4. The summed E-state index contributed by atoms with van der Waals surface area (Å²) in [6.07, 6.45) is -0.666. The van der Waals surface area contributed by atoms with Crippen molar-refractivity contribution in [2.24, 2.45) is 0 Å². The fraction of sp³-hybridized carbons (Fsp3) is 0.333. The molecule has 1 atom stereocenters. The number of rotatable bonds is 4. The van der Waals surface area contributed by atoms with Crippen LogP contribution in [0.2, 0.25) is 0 Å². The van der Waals surface area contributed by atoms with Gasteiger partial charge in [0.25, 0.3) is 0 Å². The molecular formula is C12H14O4. The quantitative estimate of drug-likeness (QED) is 0.574. The molecule has 0 fully saturated rings. The van der Waals surface area contributed by atoms with E-state index in [2.05, 4.69) is 4.74 Å². The summed E-state index contributed by atoms with van der Waals surface area (Å²) in [6.45, 7) is 2.77. The second-order valence-corrected chi connectivity index (χ2v) is 3.33. The van der Waals surface area contributed by atoms with E-state index in [1.54, 1.807) is 0 Å². The van der Waals surface area contributed by atoms with Crippen LogP contribution in [0.5, 0.6) is 0 Å². The summed E-state index contributed by atoms with van der Waals surface area (Å²) in [5, 5.41) is 0. The third-order valence-electron chi connectivity index (χ3n) is 1.82. The van der Waals surface area contributed by atoms with Gasteiger partial charge in [0.1, 0.15) is 0 Å². The second kappa shape index (κ2) is 5.90. The van der Waals surface area contributed by atoms with Gasteiger partial charge in [-0.2, -0.15) is 0 Å². The number of ether oxygens (including phenoxy) is 2. The summed E-state index contributed by atoms with van der Waals surface area (Å²) in [5.74, 6) is -0.889. The smallest absolute Gasteiger partial charge is 0.313 e. The average molecular weight is 222 g/mol. The van der Waals surface area contributed by atoms with Crippen molar-refractivity contribution in [2.45, 2.75) is 26.6 Å². The monoisotopic (exact) mass is 222 g/mol. The summed E-state index contributed by atoms with van der Waals surface area (Å²) < 4.78 is 9.56. The zero-order valence-electron chi connectivity index (χ0n) is 9.30. The average Bonchev–Trinajstić information content (AvgIpc) is 2.17. The first-order chi connectivity index (χ1) is 7.58.